The second-order valence-corrected chi connectivity index (χ2v) is 11.5. The molecule has 8 heteroatoms. The van der Waals surface area contributed by atoms with E-state index in [4.69, 9.17) is 4.74 Å². The molecule has 0 saturated carbocycles. The van der Waals surface area contributed by atoms with Gasteiger partial charge in [0.05, 0.1) is 24.6 Å². The number of aromatic nitrogens is 1. The summed E-state index contributed by atoms with van der Waals surface area (Å²) in [7, 11) is 4.04. The highest BCUT2D eigenvalue weighted by atomic mass is 16.5. The third kappa shape index (κ3) is 6.50. The van der Waals surface area contributed by atoms with Gasteiger partial charge in [0.2, 0.25) is 5.91 Å². The van der Waals surface area contributed by atoms with Crippen molar-refractivity contribution in [2.75, 3.05) is 32.1 Å². The number of aryl methyl sites for hydroxylation is 1. The van der Waals surface area contributed by atoms with Gasteiger partial charge in [-0.2, -0.15) is 0 Å². The van der Waals surface area contributed by atoms with E-state index in [0.29, 0.717) is 30.1 Å². The van der Waals surface area contributed by atoms with Gasteiger partial charge in [0, 0.05) is 55.4 Å². The first kappa shape index (κ1) is 29.4. The smallest absolute Gasteiger partial charge is 0.258 e. The Morgan fingerprint density at radius 1 is 1.12 bits per heavy atom. The maximum absolute atomic E-state index is 13.8. The summed E-state index contributed by atoms with van der Waals surface area (Å²) in [5.74, 6) is 0.112. The van der Waals surface area contributed by atoms with Crippen LogP contribution in [0.3, 0.4) is 0 Å². The molecule has 0 fully saturated rings. The van der Waals surface area contributed by atoms with Crippen LogP contribution < -0.4 is 10.1 Å². The Kier molecular flexibility index (Phi) is 8.94. The topological polar surface area (TPSA) is 87.0 Å². The maximum atomic E-state index is 13.8. The number of aliphatic hydroxyl groups excluding tert-OH is 1. The van der Waals surface area contributed by atoms with Gasteiger partial charge in [0.1, 0.15) is 11.9 Å². The van der Waals surface area contributed by atoms with E-state index in [1.54, 1.807) is 23.1 Å². The van der Waals surface area contributed by atoms with Crippen LogP contribution in [0.4, 0.5) is 5.69 Å². The van der Waals surface area contributed by atoms with Crippen molar-refractivity contribution in [3.05, 3.63) is 95.7 Å². The van der Waals surface area contributed by atoms with Gasteiger partial charge in [-0.05, 0) is 49.4 Å². The molecule has 4 aromatic rings. The molecule has 3 atom stereocenters. The molecule has 1 aliphatic rings. The van der Waals surface area contributed by atoms with E-state index in [0.717, 1.165) is 23.0 Å². The summed E-state index contributed by atoms with van der Waals surface area (Å²) in [4.78, 5) is 30.8. The lowest BCUT2D eigenvalue weighted by atomic mass is 9.99. The van der Waals surface area contributed by atoms with Crippen LogP contribution in [0.5, 0.6) is 5.75 Å². The molecule has 1 aromatic heterocycles. The number of carbonyl (C=O) groups excluding carboxylic acids is 2. The molecule has 42 heavy (non-hydrogen) atoms. The third-order valence-electron chi connectivity index (χ3n) is 8.07. The van der Waals surface area contributed by atoms with Crippen LogP contribution in [0.15, 0.2) is 79.0 Å². The number of nitrogens with zero attached hydrogens (tertiary/aromatic N) is 3. The number of amides is 2. The Labute approximate surface area is 247 Å². The van der Waals surface area contributed by atoms with Crippen molar-refractivity contribution in [3.63, 3.8) is 0 Å². The quantitative estimate of drug-likeness (QED) is 0.305. The van der Waals surface area contributed by atoms with Gasteiger partial charge in [0.15, 0.2) is 0 Å². The summed E-state index contributed by atoms with van der Waals surface area (Å²) in [6.07, 6.45) is 2.00. The predicted octanol–water partition coefficient (Wildman–Crippen LogP) is 4.71. The molecule has 5 rings (SSSR count). The summed E-state index contributed by atoms with van der Waals surface area (Å²) < 4.78 is 8.55. The number of fused-ring (bicyclic) bond motifs is 2. The van der Waals surface area contributed by atoms with Crippen LogP contribution in [-0.4, -0.2) is 70.2 Å². The van der Waals surface area contributed by atoms with Gasteiger partial charge in [0.25, 0.3) is 5.91 Å². The number of likely N-dealkylation sites (N-methyl/N-ethyl adjacent to an activating group) is 1. The molecule has 1 aliphatic heterocycles. The molecule has 0 spiro atoms. The maximum Gasteiger partial charge on any atom is 0.258 e. The van der Waals surface area contributed by atoms with Crippen molar-refractivity contribution in [2.24, 2.45) is 13.0 Å². The summed E-state index contributed by atoms with van der Waals surface area (Å²) >= 11 is 0. The average molecular weight is 569 g/mol. The molecule has 2 N–H and O–H groups in total. The first-order valence-corrected chi connectivity index (χ1v) is 14.5. The molecule has 0 bridgehead atoms. The summed E-state index contributed by atoms with van der Waals surface area (Å²) in [5, 5.41) is 14.0. The van der Waals surface area contributed by atoms with Crippen molar-refractivity contribution >= 4 is 28.4 Å². The van der Waals surface area contributed by atoms with Gasteiger partial charge in [-0.1, -0.05) is 55.5 Å². The van der Waals surface area contributed by atoms with Gasteiger partial charge in [-0.3, -0.25) is 14.5 Å². The number of hydrogen-bond acceptors (Lipinski definition) is 5. The highest BCUT2D eigenvalue weighted by molar-refractivity contribution is 6.00. The van der Waals surface area contributed by atoms with Crippen LogP contribution >= 0.6 is 0 Å². The highest BCUT2D eigenvalue weighted by Gasteiger charge is 2.33. The molecule has 0 radical (unpaired) electrons. The van der Waals surface area contributed by atoms with Crippen LogP contribution in [-0.2, 0) is 24.8 Å². The van der Waals surface area contributed by atoms with E-state index in [1.807, 2.05) is 67.2 Å². The zero-order valence-electron chi connectivity index (χ0n) is 24.8. The molecule has 2 heterocycles. The molecule has 220 valence electrons. The molecule has 3 aromatic carbocycles. The fourth-order valence-corrected chi connectivity index (χ4v) is 5.73. The molecule has 0 saturated heterocycles. The van der Waals surface area contributed by atoms with Crippen molar-refractivity contribution in [3.8, 4) is 5.75 Å². The van der Waals surface area contributed by atoms with Gasteiger partial charge in [-0.15, -0.1) is 0 Å². The lowest BCUT2D eigenvalue weighted by Gasteiger charge is -2.38. The summed E-state index contributed by atoms with van der Waals surface area (Å²) in [6.45, 7) is 5.67. The lowest BCUT2D eigenvalue weighted by Crippen LogP contribution is -2.49. The zero-order chi connectivity index (χ0) is 29.8. The van der Waals surface area contributed by atoms with E-state index in [2.05, 4.69) is 36.3 Å². The van der Waals surface area contributed by atoms with E-state index in [1.165, 1.54) is 5.56 Å². The second kappa shape index (κ2) is 12.8. The SMILES string of the molecule is C[C@H](CO)N1C[C@H](C)[C@@H](CN(C)Cc2ccccc2)Oc2ccc(NC(=O)Cc3cn(C)c4ccccc34)cc2C1=O. The number of hydrogen-bond donors (Lipinski definition) is 2. The predicted molar refractivity (Wildman–Crippen MR) is 166 cm³/mol. The van der Waals surface area contributed by atoms with Crippen molar-refractivity contribution in [2.45, 2.75) is 39.0 Å². The Balaban J connectivity index is 1.37. The normalized spacial score (nSPS) is 17.9. The van der Waals surface area contributed by atoms with Crippen molar-refractivity contribution in [1.82, 2.24) is 14.4 Å². The Hall–Kier alpha value is -4.14. The van der Waals surface area contributed by atoms with Gasteiger partial charge >= 0.3 is 0 Å². The Morgan fingerprint density at radius 2 is 1.86 bits per heavy atom. The highest BCUT2D eigenvalue weighted by Crippen LogP contribution is 2.31. The number of benzene rings is 3. The largest absolute Gasteiger partial charge is 0.488 e. The minimum Gasteiger partial charge on any atom is -0.488 e. The summed E-state index contributed by atoms with van der Waals surface area (Å²) in [6, 6.07) is 23.2. The molecule has 0 aliphatic carbocycles. The molecule has 2 amide bonds. The Morgan fingerprint density at radius 3 is 2.62 bits per heavy atom. The molecule has 0 unspecified atom stereocenters. The first-order chi connectivity index (χ1) is 20.2. The number of ether oxygens (including phenoxy) is 1. The van der Waals surface area contributed by atoms with Crippen molar-refractivity contribution < 1.29 is 19.4 Å². The van der Waals surface area contributed by atoms with E-state index in [-0.39, 0.29) is 42.9 Å². The first-order valence-electron chi connectivity index (χ1n) is 14.5. The van der Waals surface area contributed by atoms with Crippen LogP contribution in [0.25, 0.3) is 10.9 Å². The van der Waals surface area contributed by atoms with Gasteiger partial charge < -0.3 is 24.6 Å². The standard InChI is InChI=1S/C34H40N4O4/c1-23-18-38(24(2)22-39)34(41)29-17-27(35-33(40)16-26-20-37(4)30-13-9-8-12-28(26)30)14-15-31(29)42-32(23)21-36(3)19-25-10-6-5-7-11-25/h5-15,17,20,23-24,32,39H,16,18-19,21-22H2,1-4H3,(H,35,40)/t23-,24+,32+/m0/s1. The number of carbonyl (C=O) groups is 2. The number of para-hydroxylation sites is 1. The second-order valence-electron chi connectivity index (χ2n) is 11.5. The fourth-order valence-electron chi connectivity index (χ4n) is 5.73. The minimum absolute atomic E-state index is 0.0226. The zero-order valence-corrected chi connectivity index (χ0v) is 24.8. The van der Waals surface area contributed by atoms with E-state index >= 15 is 0 Å². The van der Waals surface area contributed by atoms with Crippen LogP contribution in [0, 0.1) is 5.92 Å². The van der Waals surface area contributed by atoms with Crippen LogP contribution in [0.1, 0.15) is 35.3 Å². The molecule has 8 nitrogen and oxygen atoms in total. The molecular weight excluding hydrogens is 528 g/mol. The number of rotatable bonds is 9. The molecular formula is C34H40N4O4. The monoisotopic (exact) mass is 568 g/mol. The summed E-state index contributed by atoms with van der Waals surface area (Å²) in [5.41, 5.74) is 4.13. The third-order valence-corrected chi connectivity index (χ3v) is 8.07. The minimum atomic E-state index is -0.363. The van der Waals surface area contributed by atoms with E-state index in [9.17, 15) is 14.7 Å². The lowest BCUT2D eigenvalue weighted by molar-refractivity contribution is -0.115. The average Bonchev–Trinajstić information content (AvgIpc) is 3.29. The number of nitrogens with one attached hydrogen (secondary N) is 1. The number of anilines is 1. The van der Waals surface area contributed by atoms with E-state index < -0.39 is 0 Å². The van der Waals surface area contributed by atoms with Gasteiger partial charge in [-0.25, -0.2) is 0 Å². The van der Waals surface area contributed by atoms with Crippen LogP contribution in [0.2, 0.25) is 0 Å². The Bertz CT molecular complexity index is 1550. The fraction of sp³-hybridized carbons (Fsp3) is 0.353. The number of aliphatic hydroxyl groups is 1. The van der Waals surface area contributed by atoms with Crippen molar-refractivity contribution in [1.29, 1.82) is 0 Å².